The van der Waals surface area contributed by atoms with Crippen LogP contribution in [0.1, 0.15) is 41.8 Å². The standard InChI is InChI=1S/C10H13NOS/c12-10(9-6-11-7-13-9)8-4-2-1-3-5-8/h6-8H,1-5H2. The van der Waals surface area contributed by atoms with Crippen molar-refractivity contribution in [1.82, 2.24) is 4.98 Å². The third-order valence-electron chi connectivity index (χ3n) is 2.65. The molecule has 0 saturated heterocycles. The van der Waals surface area contributed by atoms with Gasteiger partial charge in [0.15, 0.2) is 5.78 Å². The molecule has 2 nitrogen and oxygen atoms in total. The van der Waals surface area contributed by atoms with E-state index in [1.807, 2.05) is 0 Å². The molecule has 1 aliphatic carbocycles. The Bertz CT molecular complexity index is 275. The smallest absolute Gasteiger partial charge is 0.177 e. The van der Waals surface area contributed by atoms with Crippen LogP contribution in [-0.2, 0) is 0 Å². The van der Waals surface area contributed by atoms with Crippen LogP contribution in [0.4, 0.5) is 0 Å². The first kappa shape index (κ1) is 8.88. The Morgan fingerprint density at radius 3 is 2.77 bits per heavy atom. The van der Waals surface area contributed by atoms with E-state index in [0.717, 1.165) is 17.7 Å². The number of aromatic nitrogens is 1. The van der Waals surface area contributed by atoms with E-state index in [0.29, 0.717) is 5.78 Å². The highest BCUT2D eigenvalue weighted by atomic mass is 32.1. The zero-order chi connectivity index (χ0) is 9.10. The Kier molecular flexibility index (Phi) is 2.74. The van der Waals surface area contributed by atoms with Gasteiger partial charge in [0.05, 0.1) is 10.4 Å². The molecule has 13 heavy (non-hydrogen) atoms. The summed E-state index contributed by atoms with van der Waals surface area (Å²) in [7, 11) is 0. The van der Waals surface area contributed by atoms with Crippen LogP contribution in [-0.4, -0.2) is 10.8 Å². The predicted molar refractivity (Wildman–Crippen MR) is 53.0 cm³/mol. The van der Waals surface area contributed by atoms with E-state index in [1.165, 1.54) is 30.6 Å². The van der Waals surface area contributed by atoms with Crippen LogP contribution in [0.5, 0.6) is 0 Å². The van der Waals surface area contributed by atoms with Gasteiger partial charge < -0.3 is 0 Å². The number of hydrogen-bond acceptors (Lipinski definition) is 3. The maximum absolute atomic E-state index is 11.8. The van der Waals surface area contributed by atoms with Gasteiger partial charge >= 0.3 is 0 Å². The SMILES string of the molecule is O=C(c1cncs1)C1CCCCC1. The summed E-state index contributed by atoms with van der Waals surface area (Å²) in [6.45, 7) is 0. The Labute approximate surface area is 82.0 Å². The lowest BCUT2D eigenvalue weighted by Crippen LogP contribution is -2.16. The van der Waals surface area contributed by atoms with Gasteiger partial charge in [-0.05, 0) is 12.8 Å². The Hall–Kier alpha value is -0.700. The number of carbonyl (C=O) groups is 1. The van der Waals surface area contributed by atoms with Gasteiger partial charge in [-0.1, -0.05) is 19.3 Å². The first-order chi connectivity index (χ1) is 6.38. The topological polar surface area (TPSA) is 30.0 Å². The summed E-state index contributed by atoms with van der Waals surface area (Å²) in [5.74, 6) is 0.608. The highest BCUT2D eigenvalue weighted by molar-refractivity contribution is 7.11. The molecule has 0 unspecified atom stereocenters. The van der Waals surface area contributed by atoms with Gasteiger partial charge in [0.25, 0.3) is 0 Å². The molecule has 3 heteroatoms. The minimum Gasteiger partial charge on any atom is -0.293 e. The highest BCUT2D eigenvalue weighted by Crippen LogP contribution is 2.27. The van der Waals surface area contributed by atoms with E-state index in [1.54, 1.807) is 11.7 Å². The van der Waals surface area contributed by atoms with Gasteiger partial charge in [-0.3, -0.25) is 9.78 Å². The fourth-order valence-electron chi connectivity index (χ4n) is 1.90. The molecule has 1 heterocycles. The van der Waals surface area contributed by atoms with E-state index in [9.17, 15) is 4.79 Å². The van der Waals surface area contributed by atoms with Crippen molar-refractivity contribution in [2.75, 3.05) is 0 Å². The second kappa shape index (κ2) is 4.01. The van der Waals surface area contributed by atoms with Crippen molar-refractivity contribution in [2.24, 2.45) is 5.92 Å². The van der Waals surface area contributed by atoms with Crippen molar-refractivity contribution in [1.29, 1.82) is 0 Å². The fraction of sp³-hybridized carbons (Fsp3) is 0.600. The number of nitrogens with zero attached hydrogens (tertiary/aromatic N) is 1. The summed E-state index contributed by atoms with van der Waals surface area (Å²) < 4.78 is 0. The lowest BCUT2D eigenvalue weighted by molar-refractivity contribution is 0.0893. The monoisotopic (exact) mass is 195 g/mol. The molecule has 0 atom stereocenters. The minimum atomic E-state index is 0.286. The molecule has 0 bridgehead atoms. The van der Waals surface area contributed by atoms with Crippen LogP contribution in [0.15, 0.2) is 11.7 Å². The first-order valence-corrected chi connectivity index (χ1v) is 5.68. The second-order valence-electron chi connectivity index (χ2n) is 3.56. The molecule has 1 aliphatic rings. The van der Waals surface area contributed by atoms with Crippen LogP contribution in [0, 0.1) is 5.92 Å². The zero-order valence-corrected chi connectivity index (χ0v) is 8.35. The Balaban J connectivity index is 2.04. The molecule has 0 radical (unpaired) electrons. The van der Waals surface area contributed by atoms with Crippen molar-refractivity contribution in [3.63, 3.8) is 0 Å². The Morgan fingerprint density at radius 2 is 2.15 bits per heavy atom. The van der Waals surface area contributed by atoms with Crippen LogP contribution < -0.4 is 0 Å². The summed E-state index contributed by atoms with van der Waals surface area (Å²) in [5.41, 5.74) is 1.73. The molecule has 1 aromatic heterocycles. The zero-order valence-electron chi connectivity index (χ0n) is 7.53. The Morgan fingerprint density at radius 1 is 1.38 bits per heavy atom. The number of thiazole rings is 1. The van der Waals surface area contributed by atoms with Gasteiger partial charge in [0.1, 0.15) is 0 Å². The molecule has 0 aliphatic heterocycles. The molecule has 1 saturated carbocycles. The lowest BCUT2D eigenvalue weighted by Gasteiger charge is -2.19. The van der Waals surface area contributed by atoms with E-state index < -0.39 is 0 Å². The quantitative estimate of drug-likeness (QED) is 0.679. The molecule has 1 fully saturated rings. The van der Waals surface area contributed by atoms with Crippen LogP contribution in [0.3, 0.4) is 0 Å². The average molecular weight is 195 g/mol. The largest absolute Gasteiger partial charge is 0.293 e. The van der Waals surface area contributed by atoms with Crippen LogP contribution in [0.25, 0.3) is 0 Å². The van der Waals surface area contributed by atoms with Crippen molar-refractivity contribution in [3.05, 3.63) is 16.6 Å². The van der Waals surface area contributed by atoms with Gasteiger partial charge in [0, 0.05) is 12.1 Å². The number of rotatable bonds is 2. The summed E-state index contributed by atoms with van der Waals surface area (Å²) >= 11 is 1.46. The fourth-order valence-corrected chi connectivity index (χ4v) is 2.54. The van der Waals surface area contributed by atoms with Gasteiger partial charge in [-0.15, -0.1) is 11.3 Å². The van der Waals surface area contributed by atoms with E-state index in [4.69, 9.17) is 0 Å². The number of Topliss-reactive ketones (excluding diaryl/α,β-unsaturated/α-hetero) is 1. The highest BCUT2D eigenvalue weighted by Gasteiger charge is 2.22. The van der Waals surface area contributed by atoms with Crippen LogP contribution in [0.2, 0.25) is 0 Å². The molecule has 0 amide bonds. The summed E-state index contributed by atoms with van der Waals surface area (Å²) in [4.78, 5) is 16.6. The van der Waals surface area contributed by atoms with E-state index >= 15 is 0 Å². The third kappa shape index (κ3) is 1.97. The molecular weight excluding hydrogens is 182 g/mol. The van der Waals surface area contributed by atoms with Crippen molar-refractivity contribution in [3.8, 4) is 0 Å². The maximum Gasteiger partial charge on any atom is 0.177 e. The first-order valence-electron chi connectivity index (χ1n) is 4.80. The number of hydrogen-bond donors (Lipinski definition) is 0. The van der Waals surface area contributed by atoms with Crippen molar-refractivity contribution >= 4 is 17.1 Å². The van der Waals surface area contributed by atoms with Crippen molar-refractivity contribution < 1.29 is 4.79 Å². The average Bonchev–Trinajstić information content (AvgIpc) is 2.71. The van der Waals surface area contributed by atoms with Crippen LogP contribution >= 0.6 is 11.3 Å². The van der Waals surface area contributed by atoms with E-state index in [2.05, 4.69) is 4.98 Å². The van der Waals surface area contributed by atoms with E-state index in [-0.39, 0.29) is 5.92 Å². The lowest BCUT2D eigenvalue weighted by atomic mass is 9.86. The summed E-state index contributed by atoms with van der Waals surface area (Å²) in [5, 5.41) is 0. The molecule has 0 spiro atoms. The third-order valence-corrected chi connectivity index (χ3v) is 3.44. The molecular formula is C10H13NOS. The molecule has 2 rings (SSSR count). The molecule has 0 aromatic carbocycles. The molecule has 70 valence electrons. The molecule has 0 N–H and O–H groups in total. The summed E-state index contributed by atoms with van der Waals surface area (Å²) in [6.07, 6.45) is 7.59. The maximum atomic E-state index is 11.8. The van der Waals surface area contributed by atoms with Gasteiger partial charge in [-0.2, -0.15) is 0 Å². The minimum absolute atomic E-state index is 0.286. The van der Waals surface area contributed by atoms with Gasteiger partial charge in [0.2, 0.25) is 0 Å². The van der Waals surface area contributed by atoms with Gasteiger partial charge in [-0.25, -0.2) is 0 Å². The normalized spacial score (nSPS) is 18.8. The second-order valence-corrected chi connectivity index (χ2v) is 4.45. The predicted octanol–water partition coefficient (Wildman–Crippen LogP) is 2.91. The summed E-state index contributed by atoms with van der Waals surface area (Å²) in [6, 6.07) is 0. The van der Waals surface area contributed by atoms with Crippen molar-refractivity contribution in [2.45, 2.75) is 32.1 Å². The number of carbonyl (C=O) groups excluding carboxylic acids is 1. The molecule has 1 aromatic rings. The number of ketones is 1.